The van der Waals surface area contributed by atoms with Crippen LogP contribution in [0.3, 0.4) is 0 Å². The number of aryl methyl sites for hydroxylation is 2. The third-order valence-corrected chi connectivity index (χ3v) is 3.24. The maximum Gasteiger partial charge on any atom is 0.254 e. The summed E-state index contributed by atoms with van der Waals surface area (Å²) < 4.78 is 15.2. The molecule has 1 amide bonds. The highest BCUT2D eigenvalue weighted by Gasteiger charge is 2.16. The van der Waals surface area contributed by atoms with Crippen molar-refractivity contribution in [2.45, 2.75) is 13.8 Å². The number of nitrogens with one attached hydrogen (secondary N) is 1. The Hall–Kier alpha value is -2.63. The highest BCUT2D eigenvalue weighted by Crippen LogP contribution is 2.23. The minimum absolute atomic E-state index is 0.134. The Morgan fingerprint density at radius 2 is 1.95 bits per heavy atom. The number of benzene rings is 1. The number of aromatic nitrogens is 1. The van der Waals surface area contributed by atoms with Gasteiger partial charge in [0.15, 0.2) is 0 Å². The molecule has 0 aliphatic carbocycles. The van der Waals surface area contributed by atoms with E-state index < -0.39 is 11.7 Å². The van der Waals surface area contributed by atoms with Crippen molar-refractivity contribution >= 4 is 17.4 Å². The molecule has 0 bridgehead atoms. The first kappa shape index (κ1) is 14.8. The summed E-state index contributed by atoms with van der Waals surface area (Å²) in [6.07, 6.45) is 0. The molecule has 110 valence electrons. The van der Waals surface area contributed by atoms with Crippen molar-refractivity contribution in [2.24, 2.45) is 12.8 Å². The van der Waals surface area contributed by atoms with E-state index in [2.05, 4.69) is 5.32 Å². The number of hydrogen-bond acceptors (Lipinski definition) is 3. The van der Waals surface area contributed by atoms with Crippen LogP contribution in [0.15, 0.2) is 29.1 Å². The van der Waals surface area contributed by atoms with Crippen LogP contribution in [0.25, 0.3) is 0 Å². The average molecular weight is 289 g/mol. The highest BCUT2D eigenvalue weighted by molar-refractivity contribution is 5.98. The zero-order valence-corrected chi connectivity index (χ0v) is 12.0. The number of rotatable bonds is 3. The number of amides is 1. The topological polar surface area (TPSA) is 77.1 Å². The first-order valence-corrected chi connectivity index (χ1v) is 6.35. The van der Waals surface area contributed by atoms with Crippen molar-refractivity contribution in [2.75, 3.05) is 5.32 Å². The van der Waals surface area contributed by atoms with Gasteiger partial charge >= 0.3 is 0 Å². The van der Waals surface area contributed by atoms with Gasteiger partial charge in [-0.3, -0.25) is 14.2 Å². The van der Waals surface area contributed by atoms with Gasteiger partial charge in [0.05, 0.1) is 11.3 Å². The lowest BCUT2D eigenvalue weighted by atomic mass is 10.1. The minimum atomic E-state index is -0.691. The summed E-state index contributed by atoms with van der Waals surface area (Å²) in [5.41, 5.74) is 6.51. The van der Waals surface area contributed by atoms with Gasteiger partial charge in [0.25, 0.3) is 11.5 Å². The molecular formula is C15H16FN3O2. The van der Waals surface area contributed by atoms with Crippen LogP contribution in [0.2, 0.25) is 0 Å². The second-order valence-electron chi connectivity index (χ2n) is 4.93. The highest BCUT2D eigenvalue weighted by atomic mass is 19.1. The van der Waals surface area contributed by atoms with E-state index in [9.17, 15) is 14.0 Å². The number of nitrogens with zero attached hydrogens (tertiary/aromatic N) is 1. The summed E-state index contributed by atoms with van der Waals surface area (Å²) in [6.45, 7) is 3.36. The molecule has 5 nitrogen and oxygen atoms in total. The van der Waals surface area contributed by atoms with Gasteiger partial charge in [0, 0.05) is 12.6 Å². The van der Waals surface area contributed by atoms with Crippen LogP contribution in [-0.2, 0) is 7.05 Å². The quantitative estimate of drug-likeness (QED) is 0.907. The molecule has 1 aromatic carbocycles. The molecule has 0 saturated heterocycles. The molecule has 3 N–H and O–H groups in total. The van der Waals surface area contributed by atoms with Gasteiger partial charge in [-0.25, -0.2) is 4.39 Å². The summed E-state index contributed by atoms with van der Waals surface area (Å²) in [5, 5.41) is 2.77. The Labute approximate surface area is 121 Å². The minimum Gasteiger partial charge on any atom is -0.365 e. The van der Waals surface area contributed by atoms with Crippen LogP contribution in [0, 0.1) is 19.7 Å². The van der Waals surface area contributed by atoms with Crippen molar-refractivity contribution in [3.05, 3.63) is 57.1 Å². The van der Waals surface area contributed by atoms with Crippen molar-refractivity contribution < 1.29 is 9.18 Å². The fraction of sp³-hybridized carbons (Fsp3) is 0.200. The number of hydrogen-bond donors (Lipinski definition) is 2. The van der Waals surface area contributed by atoms with E-state index in [1.807, 2.05) is 0 Å². The Morgan fingerprint density at radius 1 is 1.29 bits per heavy atom. The van der Waals surface area contributed by atoms with Gasteiger partial charge in [-0.15, -0.1) is 0 Å². The fourth-order valence-electron chi connectivity index (χ4n) is 2.08. The lowest BCUT2D eigenvalue weighted by molar-refractivity contribution is 0.100. The molecule has 21 heavy (non-hydrogen) atoms. The summed E-state index contributed by atoms with van der Waals surface area (Å²) in [5.74, 6) is -0.997. The number of carbonyl (C=O) groups is 1. The summed E-state index contributed by atoms with van der Waals surface area (Å²) >= 11 is 0. The monoisotopic (exact) mass is 289 g/mol. The van der Waals surface area contributed by atoms with Gasteiger partial charge in [-0.05, 0) is 37.6 Å². The molecule has 2 aromatic rings. The van der Waals surface area contributed by atoms with Crippen LogP contribution >= 0.6 is 0 Å². The third kappa shape index (κ3) is 2.79. The molecule has 1 heterocycles. The van der Waals surface area contributed by atoms with Crippen molar-refractivity contribution in [3.8, 4) is 0 Å². The summed E-state index contributed by atoms with van der Waals surface area (Å²) in [4.78, 5) is 23.5. The second-order valence-corrected chi connectivity index (χ2v) is 4.93. The van der Waals surface area contributed by atoms with Gasteiger partial charge in [-0.2, -0.15) is 0 Å². The Morgan fingerprint density at radius 3 is 2.52 bits per heavy atom. The number of nitrogens with two attached hydrogens (primary N) is 1. The predicted octanol–water partition coefficient (Wildman–Crippen LogP) is 1.98. The molecular weight excluding hydrogens is 273 g/mol. The average Bonchev–Trinajstić information content (AvgIpc) is 2.41. The predicted molar refractivity (Wildman–Crippen MR) is 79.4 cm³/mol. The Balaban J connectivity index is 2.60. The SMILES string of the molecule is Cc1ccc(Nc2c(C(N)=O)cc(C)c(=O)n2C)c(F)c1. The van der Waals surface area contributed by atoms with Gasteiger partial charge < -0.3 is 11.1 Å². The molecule has 0 atom stereocenters. The number of primary amides is 1. The van der Waals surface area contributed by atoms with Crippen LogP contribution < -0.4 is 16.6 Å². The molecule has 0 spiro atoms. The van der Waals surface area contributed by atoms with Crippen molar-refractivity contribution in [3.63, 3.8) is 0 Å². The maximum absolute atomic E-state index is 13.9. The fourth-order valence-corrected chi connectivity index (χ4v) is 2.08. The maximum atomic E-state index is 13.9. The number of pyridine rings is 1. The van der Waals surface area contributed by atoms with E-state index >= 15 is 0 Å². The largest absolute Gasteiger partial charge is 0.365 e. The van der Waals surface area contributed by atoms with E-state index in [0.29, 0.717) is 5.56 Å². The molecule has 1 aromatic heterocycles. The standard InChI is InChI=1S/C15H16FN3O2/c1-8-4-5-12(11(16)6-8)18-14-10(13(17)20)7-9(2)15(21)19(14)3/h4-7,18H,1-3H3,(H2,17,20). The molecule has 0 aliphatic rings. The van der Waals surface area contributed by atoms with Gasteiger partial charge in [0.2, 0.25) is 0 Å². The molecule has 2 rings (SSSR count). The molecule has 0 unspecified atom stereocenters. The van der Waals surface area contributed by atoms with Crippen LogP contribution in [-0.4, -0.2) is 10.5 Å². The number of carbonyl (C=O) groups excluding carboxylic acids is 1. The molecule has 0 radical (unpaired) electrons. The number of anilines is 2. The zero-order chi connectivity index (χ0) is 15.7. The Bertz CT molecular complexity index is 781. The second kappa shape index (κ2) is 5.40. The van der Waals surface area contributed by atoms with Crippen LogP contribution in [0.4, 0.5) is 15.9 Å². The molecule has 6 heteroatoms. The lowest BCUT2D eigenvalue weighted by Gasteiger charge is -2.16. The van der Waals surface area contributed by atoms with Crippen molar-refractivity contribution in [1.82, 2.24) is 4.57 Å². The van der Waals surface area contributed by atoms with Gasteiger partial charge in [-0.1, -0.05) is 6.07 Å². The molecule has 0 fully saturated rings. The van der Waals surface area contributed by atoms with E-state index in [4.69, 9.17) is 5.73 Å². The first-order chi connectivity index (χ1) is 9.81. The number of halogens is 1. The molecule has 0 saturated carbocycles. The van der Waals surface area contributed by atoms with E-state index in [1.54, 1.807) is 26.0 Å². The smallest absolute Gasteiger partial charge is 0.254 e. The normalized spacial score (nSPS) is 10.5. The third-order valence-electron chi connectivity index (χ3n) is 3.24. The van der Waals surface area contributed by atoms with E-state index in [1.165, 1.54) is 23.7 Å². The lowest BCUT2D eigenvalue weighted by Crippen LogP contribution is -2.26. The van der Waals surface area contributed by atoms with Crippen LogP contribution in [0.5, 0.6) is 0 Å². The van der Waals surface area contributed by atoms with Crippen LogP contribution in [0.1, 0.15) is 21.5 Å². The van der Waals surface area contributed by atoms with Gasteiger partial charge in [0.1, 0.15) is 11.6 Å². The van der Waals surface area contributed by atoms with Crippen molar-refractivity contribution in [1.29, 1.82) is 0 Å². The summed E-state index contributed by atoms with van der Waals surface area (Å²) in [7, 11) is 1.50. The first-order valence-electron chi connectivity index (χ1n) is 6.35. The Kier molecular flexibility index (Phi) is 3.80. The van der Waals surface area contributed by atoms with E-state index in [0.717, 1.165) is 5.56 Å². The molecule has 0 aliphatic heterocycles. The summed E-state index contributed by atoms with van der Waals surface area (Å²) in [6, 6.07) is 6.03. The van der Waals surface area contributed by atoms with E-state index in [-0.39, 0.29) is 22.6 Å². The zero-order valence-electron chi connectivity index (χ0n) is 12.0.